The zero-order valence-corrected chi connectivity index (χ0v) is 18.5. The van der Waals surface area contributed by atoms with Crippen LogP contribution < -0.4 is 10.6 Å². The van der Waals surface area contributed by atoms with Crippen molar-refractivity contribution in [2.45, 2.75) is 19.8 Å². The van der Waals surface area contributed by atoms with Crippen molar-refractivity contribution in [3.8, 4) is 0 Å². The summed E-state index contributed by atoms with van der Waals surface area (Å²) in [5.41, 5.74) is 1.03. The molecule has 2 rings (SSSR count). The molecule has 30 heavy (non-hydrogen) atoms. The Morgan fingerprint density at radius 2 is 1.93 bits per heavy atom. The van der Waals surface area contributed by atoms with E-state index in [-0.39, 0.29) is 30.7 Å². The second-order valence-electron chi connectivity index (χ2n) is 6.45. The van der Waals surface area contributed by atoms with Crippen LogP contribution in [0.25, 0.3) is 0 Å². The Morgan fingerprint density at radius 3 is 2.60 bits per heavy atom. The summed E-state index contributed by atoms with van der Waals surface area (Å²) in [7, 11) is 1.56. The van der Waals surface area contributed by atoms with Gasteiger partial charge in [0.05, 0.1) is 18.7 Å². The average Bonchev–Trinajstić information content (AvgIpc) is 3.14. The number of hydrogen-bond donors (Lipinski definition) is 2. The van der Waals surface area contributed by atoms with E-state index in [9.17, 15) is 14.4 Å². The molecule has 1 aromatic heterocycles. The third kappa shape index (κ3) is 7.74. The van der Waals surface area contributed by atoms with E-state index in [0.717, 1.165) is 0 Å². The van der Waals surface area contributed by atoms with Gasteiger partial charge in [-0.15, -0.1) is 11.3 Å². The quantitative estimate of drug-likeness (QED) is 0.510. The van der Waals surface area contributed by atoms with Crippen molar-refractivity contribution in [1.82, 2.24) is 15.2 Å². The van der Waals surface area contributed by atoms with E-state index in [1.807, 2.05) is 6.92 Å². The van der Waals surface area contributed by atoms with Crippen LogP contribution >= 0.6 is 22.9 Å². The zero-order chi connectivity index (χ0) is 21.9. The predicted molar refractivity (Wildman–Crippen MR) is 117 cm³/mol. The highest BCUT2D eigenvalue weighted by atomic mass is 35.5. The van der Waals surface area contributed by atoms with Gasteiger partial charge in [0.25, 0.3) is 5.91 Å². The topological polar surface area (TPSA) is 101 Å². The van der Waals surface area contributed by atoms with E-state index in [1.54, 1.807) is 36.8 Å². The van der Waals surface area contributed by atoms with Crippen molar-refractivity contribution in [3.63, 3.8) is 0 Å². The molecule has 0 unspecified atom stereocenters. The molecule has 0 spiro atoms. The number of carbonyl (C=O) groups is 3. The molecule has 0 aliphatic heterocycles. The standard InChI is InChI=1S/C20H25ClN4O4S/c1-3-9-25(19(28)14-4-6-15(21)7-5-14)12-18(27)24-20-23-16(13-30-20)11-17(26)22-8-10-29-2/h4-7,13H,3,8-12H2,1-2H3,(H,22,26)(H,23,24,27). The van der Waals surface area contributed by atoms with Gasteiger partial charge >= 0.3 is 0 Å². The summed E-state index contributed by atoms with van der Waals surface area (Å²) in [5.74, 6) is -0.759. The van der Waals surface area contributed by atoms with Gasteiger partial charge in [-0.1, -0.05) is 18.5 Å². The normalized spacial score (nSPS) is 10.5. The van der Waals surface area contributed by atoms with E-state index < -0.39 is 0 Å². The molecule has 2 aromatic rings. The number of carbonyl (C=O) groups excluding carboxylic acids is 3. The minimum Gasteiger partial charge on any atom is -0.383 e. The molecule has 0 saturated carbocycles. The summed E-state index contributed by atoms with van der Waals surface area (Å²) in [6.45, 7) is 3.15. The highest BCUT2D eigenvalue weighted by molar-refractivity contribution is 7.13. The lowest BCUT2D eigenvalue weighted by molar-refractivity contribution is -0.120. The Balaban J connectivity index is 1.91. The summed E-state index contributed by atoms with van der Waals surface area (Å²) in [6.07, 6.45) is 0.833. The number of methoxy groups -OCH3 is 1. The van der Waals surface area contributed by atoms with Gasteiger partial charge in [0.1, 0.15) is 6.54 Å². The molecule has 0 saturated heterocycles. The smallest absolute Gasteiger partial charge is 0.254 e. The lowest BCUT2D eigenvalue weighted by atomic mass is 10.2. The summed E-state index contributed by atoms with van der Waals surface area (Å²) < 4.78 is 4.88. The average molecular weight is 453 g/mol. The first-order valence-electron chi connectivity index (χ1n) is 9.47. The van der Waals surface area contributed by atoms with Crippen LogP contribution in [0, 0.1) is 0 Å². The predicted octanol–water partition coefficient (Wildman–Crippen LogP) is 2.59. The van der Waals surface area contributed by atoms with Crippen molar-refractivity contribution in [2.24, 2.45) is 0 Å². The molecule has 162 valence electrons. The van der Waals surface area contributed by atoms with Crippen LogP contribution in [-0.2, 0) is 20.7 Å². The fourth-order valence-electron chi connectivity index (χ4n) is 2.59. The number of halogens is 1. The third-order valence-corrected chi connectivity index (χ3v) is 5.03. The van der Waals surface area contributed by atoms with Gasteiger partial charge < -0.3 is 20.3 Å². The molecule has 0 radical (unpaired) electrons. The van der Waals surface area contributed by atoms with Gasteiger partial charge in [-0.2, -0.15) is 0 Å². The highest BCUT2D eigenvalue weighted by Crippen LogP contribution is 2.16. The van der Waals surface area contributed by atoms with E-state index >= 15 is 0 Å². The number of nitrogens with one attached hydrogen (secondary N) is 2. The van der Waals surface area contributed by atoms with Gasteiger partial charge in [-0.05, 0) is 30.7 Å². The maximum absolute atomic E-state index is 12.7. The van der Waals surface area contributed by atoms with Crippen molar-refractivity contribution in [2.75, 3.05) is 38.7 Å². The molecule has 0 fully saturated rings. The minimum absolute atomic E-state index is 0.0955. The van der Waals surface area contributed by atoms with Crippen LogP contribution in [0.2, 0.25) is 5.02 Å². The van der Waals surface area contributed by atoms with Crippen LogP contribution in [0.4, 0.5) is 5.13 Å². The molecular formula is C20H25ClN4O4S. The monoisotopic (exact) mass is 452 g/mol. The molecule has 0 aliphatic carbocycles. The van der Waals surface area contributed by atoms with Crippen molar-refractivity contribution >= 4 is 45.8 Å². The maximum Gasteiger partial charge on any atom is 0.254 e. The molecule has 10 heteroatoms. The molecule has 2 N–H and O–H groups in total. The first-order chi connectivity index (χ1) is 14.4. The van der Waals surface area contributed by atoms with E-state index in [0.29, 0.717) is 47.5 Å². The first-order valence-corrected chi connectivity index (χ1v) is 10.7. The minimum atomic E-state index is -0.351. The Bertz CT molecular complexity index is 857. The summed E-state index contributed by atoms with van der Waals surface area (Å²) in [5, 5.41) is 8.05. The van der Waals surface area contributed by atoms with Gasteiger partial charge in [0.2, 0.25) is 11.8 Å². The number of hydrogen-bond acceptors (Lipinski definition) is 6. The number of amides is 3. The fourth-order valence-corrected chi connectivity index (χ4v) is 3.45. The first kappa shape index (κ1) is 23.8. The Labute approximate surface area is 184 Å². The molecule has 3 amide bonds. The number of anilines is 1. The van der Waals surface area contributed by atoms with Gasteiger partial charge in [-0.3, -0.25) is 14.4 Å². The summed E-state index contributed by atoms with van der Waals surface area (Å²) in [4.78, 5) is 42.7. The number of aromatic nitrogens is 1. The Kier molecular flexibility index (Phi) is 9.72. The molecule has 8 nitrogen and oxygen atoms in total. The zero-order valence-electron chi connectivity index (χ0n) is 16.9. The molecule has 0 atom stereocenters. The van der Waals surface area contributed by atoms with Crippen LogP contribution in [-0.4, -0.2) is 61.0 Å². The number of thiazole rings is 1. The Hall–Kier alpha value is -2.49. The highest BCUT2D eigenvalue weighted by Gasteiger charge is 2.19. The van der Waals surface area contributed by atoms with Crippen LogP contribution in [0.15, 0.2) is 29.6 Å². The van der Waals surface area contributed by atoms with Gasteiger partial charge in [-0.25, -0.2) is 4.98 Å². The van der Waals surface area contributed by atoms with Crippen LogP contribution in [0.1, 0.15) is 29.4 Å². The SMILES string of the molecule is CCCN(CC(=O)Nc1nc(CC(=O)NCCOC)cs1)C(=O)c1ccc(Cl)cc1. The summed E-state index contributed by atoms with van der Waals surface area (Å²) >= 11 is 7.10. The van der Waals surface area contributed by atoms with Gasteiger partial charge in [0.15, 0.2) is 5.13 Å². The van der Waals surface area contributed by atoms with E-state index in [4.69, 9.17) is 16.3 Å². The number of nitrogens with zero attached hydrogens (tertiary/aromatic N) is 2. The number of rotatable bonds is 11. The van der Waals surface area contributed by atoms with Crippen molar-refractivity contribution in [3.05, 3.63) is 45.9 Å². The second kappa shape index (κ2) is 12.3. The summed E-state index contributed by atoms with van der Waals surface area (Å²) in [6, 6.07) is 6.55. The van der Waals surface area contributed by atoms with E-state index in [1.165, 1.54) is 16.2 Å². The van der Waals surface area contributed by atoms with Crippen LogP contribution in [0.3, 0.4) is 0 Å². The molecule has 0 bridgehead atoms. The van der Waals surface area contributed by atoms with Crippen LogP contribution in [0.5, 0.6) is 0 Å². The molecule has 1 aromatic carbocycles. The molecule has 1 heterocycles. The second-order valence-corrected chi connectivity index (χ2v) is 7.74. The lowest BCUT2D eigenvalue weighted by Gasteiger charge is -2.21. The van der Waals surface area contributed by atoms with Crippen molar-refractivity contribution in [1.29, 1.82) is 0 Å². The van der Waals surface area contributed by atoms with E-state index in [2.05, 4.69) is 15.6 Å². The number of ether oxygens (including phenoxy) is 1. The molecule has 0 aliphatic rings. The lowest BCUT2D eigenvalue weighted by Crippen LogP contribution is -2.38. The Morgan fingerprint density at radius 1 is 1.20 bits per heavy atom. The van der Waals surface area contributed by atoms with Crippen molar-refractivity contribution < 1.29 is 19.1 Å². The number of benzene rings is 1. The maximum atomic E-state index is 12.7. The molecular weight excluding hydrogens is 428 g/mol. The third-order valence-electron chi connectivity index (χ3n) is 3.97. The van der Waals surface area contributed by atoms with Gasteiger partial charge in [0, 0.05) is 36.2 Å². The fraction of sp³-hybridized carbons (Fsp3) is 0.400. The largest absolute Gasteiger partial charge is 0.383 e.